The van der Waals surface area contributed by atoms with Gasteiger partial charge in [0.1, 0.15) is 0 Å². The number of hydrogen-bond donors (Lipinski definition) is 4. The summed E-state index contributed by atoms with van der Waals surface area (Å²) in [6.07, 6.45) is 0. The Morgan fingerprint density at radius 3 is 0.625 bits per heavy atom. The summed E-state index contributed by atoms with van der Waals surface area (Å²) < 4.78 is 0. The van der Waals surface area contributed by atoms with E-state index in [0.29, 0.717) is 12.1 Å². The SMILES string of the molecule is CC(C)NC(C)C.CNC.CNC.CNC. The van der Waals surface area contributed by atoms with E-state index in [2.05, 4.69) is 49.0 Å². The van der Waals surface area contributed by atoms with Crippen LogP contribution in [0.1, 0.15) is 27.7 Å². The standard InChI is InChI=1S/C6H15N.3C2H7N/c1-5(2)7-6(3)4;3*1-3-2/h5-7H,1-4H3;3*3H,1-2H3. The second-order valence-corrected chi connectivity index (χ2v) is 3.98. The van der Waals surface area contributed by atoms with Crippen molar-refractivity contribution in [2.75, 3.05) is 42.3 Å². The molecule has 0 aliphatic rings. The Kier molecular flexibility index (Phi) is 45.7. The van der Waals surface area contributed by atoms with Crippen molar-refractivity contribution in [1.82, 2.24) is 21.3 Å². The quantitative estimate of drug-likeness (QED) is 0.575. The van der Waals surface area contributed by atoms with E-state index < -0.39 is 0 Å². The Bertz CT molecular complexity index is 64.7. The van der Waals surface area contributed by atoms with Gasteiger partial charge in [0.25, 0.3) is 0 Å². The summed E-state index contributed by atoms with van der Waals surface area (Å²) in [7, 11) is 11.2. The van der Waals surface area contributed by atoms with Crippen LogP contribution in [0.25, 0.3) is 0 Å². The molecule has 0 heterocycles. The fraction of sp³-hybridized carbons (Fsp3) is 1.00. The summed E-state index contributed by atoms with van der Waals surface area (Å²) in [5.74, 6) is 0. The van der Waals surface area contributed by atoms with Crippen molar-refractivity contribution in [3.8, 4) is 0 Å². The Hall–Kier alpha value is -0.160. The Balaban J connectivity index is -0.0000000677. The number of hydrogen-bond acceptors (Lipinski definition) is 4. The largest absolute Gasteiger partial charge is 0.323 e. The first-order valence-corrected chi connectivity index (χ1v) is 5.89. The molecule has 4 heteroatoms. The van der Waals surface area contributed by atoms with E-state index in [1.807, 2.05) is 42.3 Å². The third kappa shape index (κ3) is 155. The molecule has 0 spiro atoms. The zero-order valence-electron chi connectivity index (χ0n) is 13.2. The third-order valence-corrected chi connectivity index (χ3v) is 0.667. The van der Waals surface area contributed by atoms with Crippen LogP contribution in [0.5, 0.6) is 0 Å². The van der Waals surface area contributed by atoms with Gasteiger partial charge in [0.05, 0.1) is 0 Å². The molecule has 0 aliphatic heterocycles. The summed E-state index contributed by atoms with van der Waals surface area (Å²) >= 11 is 0. The molecule has 0 rings (SSSR count). The van der Waals surface area contributed by atoms with Crippen LogP contribution in [-0.4, -0.2) is 54.4 Å². The summed E-state index contributed by atoms with van der Waals surface area (Å²) in [5.41, 5.74) is 0. The molecule has 104 valence electrons. The first-order chi connectivity index (χ1) is 7.37. The molecule has 4 N–H and O–H groups in total. The van der Waals surface area contributed by atoms with Gasteiger partial charge in [-0.2, -0.15) is 0 Å². The summed E-state index contributed by atoms with van der Waals surface area (Å²) in [6, 6.07) is 1.25. The maximum atomic E-state index is 3.31. The van der Waals surface area contributed by atoms with Crippen LogP contribution < -0.4 is 21.3 Å². The molecule has 0 fully saturated rings. The molecule has 0 aromatic rings. The summed E-state index contributed by atoms with van der Waals surface area (Å²) in [6.45, 7) is 8.61. The van der Waals surface area contributed by atoms with Gasteiger partial charge in [-0.15, -0.1) is 0 Å². The molecule has 0 aliphatic carbocycles. The average Bonchev–Trinajstić information content (AvgIpc) is 2.04. The first-order valence-electron chi connectivity index (χ1n) is 5.89. The van der Waals surface area contributed by atoms with Gasteiger partial charge in [-0.25, -0.2) is 0 Å². The molecule has 0 bridgehead atoms. The van der Waals surface area contributed by atoms with Crippen LogP contribution in [0.2, 0.25) is 0 Å². The van der Waals surface area contributed by atoms with Crippen LogP contribution in [0.4, 0.5) is 0 Å². The normalized spacial score (nSPS) is 8.25. The van der Waals surface area contributed by atoms with E-state index in [1.165, 1.54) is 0 Å². The highest BCUT2D eigenvalue weighted by atomic mass is 14.9. The van der Waals surface area contributed by atoms with E-state index in [1.54, 1.807) is 0 Å². The predicted octanol–water partition coefficient (Wildman–Crippen LogP) is 0.900. The van der Waals surface area contributed by atoms with Crippen LogP contribution in [0.3, 0.4) is 0 Å². The minimum absolute atomic E-state index is 0.625. The summed E-state index contributed by atoms with van der Waals surface area (Å²) in [4.78, 5) is 0. The van der Waals surface area contributed by atoms with E-state index in [9.17, 15) is 0 Å². The molecule has 0 amide bonds. The molecule has 0 unspecified atom stereocenters. The van der Waals surface area contributed by atoms with Crippen molar-refractivity contribution in [3.63, 3.8) is 0 Å². The average molecular weight is 236 g/mol. The van der Waals surface area contributed by atoms with Crippen molar-refractivity contribution in [3.05, 3.63) is 0 Å². The van der Waals surface area contributed by atoms with Gasteiger partial charge in [-0.3, -0.25) is 0 Å². The fourth-order valence-electron chi connectivity index (χ4n) is 0.667. The molecule has 0 radical (unpaired) electrons. The van der Waals surface area contributed by atoms with Crippen molar-refractivity contribution in [2.45, 2.75) is 39.8 Å². The second-order valence-electron chi connectivity index (χ2n) is 3.98. The van der Waals surface area contributed by atoms with Crippen LogP contribution >= 0.6 is 0 Å². The maximum Gasteiger partial charge on any atom is 0.00127 e. The van der Waals surface area contributed by atoms with Crippen molar-refractivity contribution >= 4 is 0 Å². The van der Waals surface area contributed by atoms with Gasteiger partial charge in [-0.05, 0) is 42.3 Å². The van der Waals surface area contributed by atoms with Crippen LogP contribution in [0, 0.1) is 0 Å². The lowest BCUT2D eigenvalue weighted by atomic mass is 10.3. The van der Waals surface area contributed by atoms with Crippen LogP contribution in [0.15, 0.2) is 0 Å². The first kappa shape index (κ1) is 24.9. The zero-order chi connectivity index (χ0) is 14.0. The Morgan fingerprint density at radius 2 is 0.625 bits per heavy atom. The monoisotopic (exact) mass is 236 g/mol. The second kappa shape index (κ2) is 29.4. The lowest BCUT2D eigenvalue weighted by Crippen LogP contribution is -2.29. The highest BCUT2D eigenvalue weighted by Crippen LogP contribution is 1.80. The molecular weight excluding hydrogens is 200 g/mol. The fourth-order valence-corrected chi connectivity index (χ4v) is 0.667. The van der Waals surface area contributed by atoms with Crippen molar-refractivity contribution < 1.29 is 0 Å². The molecule has 4 nitrogen and oxygen atoms in total. The summed E-state index contributed by atoms with van der Waals surface area (Å²) in [5, 5.41) is 11.6. The zero-order valence-corrected chi connectivity index (χ0v) is 13.2. The number of rotatable bonds is 2. The van der Waals surface area contributed by atoms with Crippen molar-refractivity contribution in [1.29, 1.82) is 0 Å². The molecule has 0 aromatic carbocycles. The van der Waals surface area contributed by atoms with Crippen LogP contribution in [-0.2, 0) is 0 Å². The van der Waals surface area contributed by atoms with Gasteiger partial charge >= 0.3 is 0 Å². The molecule has 16 heavy (non-hydrogen) atoms. The van der Waals surface area contributed by atoms with Gasteiger partial charge in [0, 0.05) is 12.1 Å². The molecule has 0 saturated heterocycles. The van der Waals surface area contributed by atoms with E-state index in [0.717, 1.165) is 0 Å². The van der Waals surface area contributed by atoms with Gasteiger partial charge in [-0.1, -0.05) is 27.7 Å². The lowest BCUT2D eigenvalue weighted by molar-refractivity contribution is 0.518. The minimum atomic E-state index is 0.625. The Morgan fingerprint density at radius 1 is 0.500 bits per heavy atom. The van der Waals surface area contributed by atoms with E-state index >= 15 is 0 Å². The van der Waals surface area contributed by atoms with Gasteiger partial charge in [0.15, 0.2) is 0 Å². The molecule has 0 aromatic heterocycles. The molecule has 0 saturated carbocycles. The third-order valence-electron chi connectivity index (χ3n) is 0.667. The highest BCUT2D eigenvalue weighted by Gasteiger charge is 1.92. The smallest absolute Gasteiger partial charge is 0.00127 e. The molecular formula is C12H36N4. The minimum Gasteiger partial charge on any atom is -0.323 e. The van der Waals surface area contributed by atoms with Crippen molar-refractivity contribution in [2.24, 2.45) is 0 Å². The maximum absolute atomic E-state index is 3.31. The van der Waals surface area contributed by atoms with E-state index in [-0.39, 0.29) is 0 Å². The highest BCUT2D eigenvalue weighted by molar-refractivity contribution is 4.55. The Labute approximate surface area is 104 Å². The van der Waals surface area contributed by atoms with Gasteiger partial charge in [0.2, 0.25) is 0 Å². The molecule has 0 atom stereocenters. The predicted molar refractivity (Wildman–Crippen MR) is 78.4 cm³/mol. The van der Waals surface area contributed by atoms with Gasteiger partial charge < -0.3 is 21.3 Å². The lowest BCUT2D eigenvalue weighted by Gasteiger charge is -2.10. The topological polar surface area (TPSA) is 48.1 Å². The number of nitrogens with one attached hydrogen (secondary N) is 4. The van der Waals surface area contributed by atoms with E-state index in [4.69, 9.17) is 0 Å².